The third-order valence-electron chi connectivity index (χ3n) is 2.83. The minimum Gasteiger partial charge on any atom is -0.329 e. The molecule has 1 unspecified atom stereocenters. The van der Waals surface area contributed by atoms with Crippen molar-refractivity contribution in [1.29, 1.82) is 5.26 Å². The van der Waals surface area contributed by atoms with Gasteiger partial charge >= 0.3 is 6.03 Å². The van der Waals surface area contributed by atoms with Crippen LogP contribution in [0, 0.1) is 17.1 Å². The van der Waals surface area contributed by atoms with E-state index < -0.39 is 5.82 Å². The van der Waals surface area contributed by atoms with Gasteiger partial charge in [0.15, 0.2) is 0 Å². The molecule has 1 fully saturated rings. The van der Waals surface area contributed by atoms with Gasteiger partial charge in [-0.05, 0) is 17.7 Å². The van der Waals surface area contributed by atoms with Crippen molar-refractivity contribution in [3.05, 3.63) is 34.6 Å². The van der Waals surface area contributed by atoms with Gasteiger partial charge in [0.1, 0.15) is 5.82 Å². The van der Waals surface area contributed by atoms with Crippen molar-refractivity contribution >= 4 is 17.6 Å². The topological polar surface area (TPSA) is 56.1 Å². The molecule has 0 spiro atoms. The number of amides is 2. The molecule has 6 heteroatoms. The van der Waals surface area contributed by atoms with E-state index in [1.165, 1.54) is 12.1 Å². The Balaban J connectivity index is 2.09. The van der Waals surface area contributed by atoms with Gasteiger partial charge in [-0.15, -0.1) is 0 Å². The number of halogens is 2. The second kappa shape index (κ2) is 5.23. The zero-order chi connectivity index (χ0) is 13.1. The number of carbonyl (C=O) groups excluding carboxylic acids is 1. The quantitative estimate of drug-likeness (QED) is 0.915. The Morgan fingerprint density at radius 2 is 2.39 bits per heavy atom. The predicted octanol–water partition coefficient (Wildman–Crippen LogP) is 2.46. The highest BCUT2D eigenvalue weighted by molar-refractivity contribution is 6.30. The molecule has 0 aromatic heterocycles. The average molecular weight is 268 g/mol. The van der Waals surface area contributed by atoms with Crippen LogP contribution in [0.25, 0.3) is 0 Å². The summed E-state index contributed by atoms with van der Waals surface area (Å²) in [6, 6.07) is 5.95. The monoisotopic (exact) mass is 267 g/mol. The van der Waals surface area contributed by atoms with Gasteiger partial charge in [-0.2, -0.15) is 5.26 Å². The highest BCUT2D eigenvalue weighted by atomic mass is 35.5. The summed E-state index contributed by atoms with van der Waals surface area (Å²) in [6.07, 6.45) is 0.296. The van der Waals surface area contributed by atoms with Crippen molar-refractivity contribution < 1.29 is 9.18 Å². The fourth-order valence-electron chi connectivity index (χ4n) is 1.88. The lowest BCUT2D eigenvalue weighted by molar-refractivity contribution is 0.218. The van der Waals surface area contributed by atoms with Gasteiger partial charge < -0.3 is 10.2 Å². The second-order valence-corrected chi connectivity index (χ2v) is 4.44. The number of benzene rings is 1. The van der Waals surface area contributed by atoms with Crippen LogP contribution in [-0.4, -0.2) is 24.0 Å². The summed E-state index contributed by atoms with van der Waals surface area (Å²) in [4.78, 5) is 13.2. The van der Waals surface area contributed by atoms with Crippen molar-refractivity contribution in [3.8, 4) is 6.07 Å². The van der Waals surface area contributed by atoms with Crippen LogP contribution in [0.1, 0.15) is 18.0 Å². The van der Waals surface area contributed by atoms with Crippen LogP contribution in [0.2, 0.25) is 5.02 Å². The summed E-state index contributed by atoms with van der Waals surface area (Å²) in [5.74, 6) is -0.480. The SMILES string of the molecule is N#CCCN1CC(c2ccc(F)c(Cl)c2)NC1=O. The predicted molar refractivity (Wildman–Crippen MR) is 64.5 cm³/mol. The molecule has 1 heterocycles. The van der Waals surface area contributed by atoms with Crippen molar-refractivity contribution in [2.75, 3.05) is 13.1 Å². The third kappa shape index (κ3) is 2.54. The maximum Gasteiger partial charge on any atom is 0.318 e. The molecular weight excluding hydrogens is 257 g/mol. The molecule has 4 nitrogen and oxygen atoms in total. The first kappa shape index (κ1) is 12.7. The number of carbonyl (C=O) groups is 1. The highest BCUT2D eigenvalue weighted by Crippen LogP contribution is 2.24. The zero-order valence-electron chi connectivity index (χ0n) is 9.49. The van der Waals surface area contributed by atoms with Gasteiger partial charge in [0, 0.05) is 13.1 Å². The molecule has 1 aromatic rings. The molecule has 18 heavy (non-hydrogen) atoms. The first-order valence-electron chi connectivity index (χ1n) is 5.49. The fourth-order valence-corrected chi connectivity index (χ4v) is 2.07. The van der Waals surface area contributed by atoms with Crippen LogP contribution >= 0.6 is 11.6 Å². The third-order valence-corrected chi connectivity index (χ3v) is 3.12. The second-order valence-electron chi connectivity index (χ2n) is 4.03. The molecule has 1 saturated heterocycles. The minimum atomic E-state index is -0.480. The minimum absolute atomic E-state index is 0.0391. The standard InChI is InChI=1S/C12H11ClFN3O/c13-9-6-8(2-3-10(9)14)11-7-17(5-1-4-15)12(18)16-11/h2-3,6,11H,1,5,7H2,(H,16,18). The van der Waals surface area contributed by atoms with E-state index in [0.29, 0.717) is 19.5 Å². The molecule has 0 bridgehead atoms. The Hall–Kier alpha value is -1.80. The molecule has 0 saturated carbocycles. The van der Waals surface area contributed by atoms with Crippen LogP contribution in [0.3, 0.4) is 0 Å². The summed E-state index contributed by atoms with van der Waals surface area (Å²) in [5, 5.41) is 11.3. The first-order valence-corrected chi connectivity index (χ1v) is 5.87. The van der Waals surface area contributed by atoms with Crippen LogP contribution in [-0.2, 0) is 0 Å². The maximum absolute atomic E-state index is 13.0. The Morgan fingerprint density at radius 1 is 1.61 bits per heavy atom. The molecular formula is C12H11ClFN3O. The van der Waals surface area contributed by atoms with E-state index in [2.05, 4.69) is 5.32 Å². The molecule has 2 amide bonds. The van der Waals surface area contributed by atoms with Crippen molar-refractivity contribution in [3.63, 3.8) is 0 Å². The summed E-state index contributed by atoms with van der Waals surface area (Å²) < 4.78 is 13.0. The van der Waals surface area contributed by atoms with E-state index in [9.17, 15) is 9.18 Å². The van der Waals surface area contributed by atoms with Crippen LogP contribution in [0.5, 0.6) is 0 Å². The number of nitrogens with zero attached hydrogens (tertiary/aromatic N) is 2. The van der Waals surface area contributed by atoms with Gasteiger partial charge in [0.05, 0.1) is 23.6 Å². The summed E-state index contributed by atoms with van der Waals surface area (Å²) in [5.41, 5.74) is 0.759. The summed E-state index contributed by atoms with van der Waals surface area (Å²) in [6.45, 7) is 0.857. The molecule has 1 aliphatic heterocycles. The van der Waals surface area contributed by atoms with Crippen molar-refractivity contribution in [2.45, 2.75) is 12.5 Å². The highest BCUT2D eigenvalue weighted by Gasteiger charge is 2.29. The van der Waals surface area contributed by atoms with Crippen LogP contribution in [0.15, 0.2) is 18.2 Å². The van der Waals surface area contributed by atoms with Crippen molar-refractivity contribution in [1.82, 2.24) is 10.2 Å². The zero-order valence-corrected chi connectivity index (χ0v) is 10.2. The van der Waals surface area contributed by atoms with Crippen molar-refractivity contribution in [2.24, 2.45) is 0 Å². The van der Waals surface area contributed by atoms with Crippen LogP contribution < -0.4 is 5.32 Å². The molecule has 0 radical (unpaired) electrons. The van der Waals surface area contributed by atoms with Gasteiger partial charge in [0.25, 0.3) is 0 Å². The van der Waals surface area contributed by atoms with Gasteiger partial charge in [-0.3, -0.25) is 0 Å². The lowest BCUT2D eigenvalue weighted by atomic mass is 10.1. The summed E-state index contributed by atoms with van der Waals surface area (Å²) in [7, 11) is 0. The molecule has 1 atom stereocenters. The molecule has 1 N–H and O–H groups in total. The first-order chi connectivity index (χ1) is 8.61. The number of nitriles is 1. The van der Waals surface area contributed by atoms with E-state index in [0.717, 1.165) is 5.56 Å². The Labute approximate surface area is 109 Å². The smallest absolute Gasteiger partial charge is 0.318 e. The number of hydrogen-bond donors (Lipinski definition) is 1. The van der Waals surface area contributed by atoms with E-state index in [4.69, 9.17) is 16.9 Å². The van der Waals surface area contributed by atoms with E-state index in [1.54, 1.807) is 11.0 Å². The van der Waals surface area contributed by atoms with Gasteiger partial charge in [0.2, 0.25) is 0 Å². The number of nitrogens with one attached hydrogen (secondary N) is 1. The van der Waals surface area contributed by atoms with Gasteiger partial charge in [-0.1, -0.05) is 17.7 Å². The van der Waals surface area contributed by atoms with E-state index in [1.807, 2.05) is 6.07 Å². The number of rotatable bonds is 3. The van der Waals surface area contributed by atoms with Crippen LogP contribution in [0.4, 0.5) is 9.18 Å². The van der Waals surface area contributed by atoms with E-state index >= 15 is 0 Å². The largest absolute Gasteiger partial charge is 0.329 e. The molecule has 2 rings (SSSR count). The molecule has 1 aliphatic rings. The van der Waals surface area contributed by atoms with Gasteiger partial charge in [-0.25, -0.2) is 9.18 Å². The molecule has 94 valence electrons. The molecule has 0 aliphatic carbocycles. The average Bonchev–Trinajstić information content (AvgIpc) is 2.72. The fraction of sp³-hybridized carbons (Fsp3) is 0.333. The Kier molecular flexibility index (Phi) is 3.68. The Bertz CT molecular complexity index is 515. The Morgan fingerprint density at radius 3 is 3.06 bits per heavy atom. The molecule has 1 aromatic carbocycles. The number of urea groups is 1. The lowest BCUT2D eigenvalue weighted by Gasteiger charge is -2.12. The normalized spacial score (nSPS) is 18.6. The van der Waals surface area contributed by atoms with E-state index in [-0.39, 0.29) is 17.1 Å². The lowest BCUT2D eigenvalue weighted by Crippen LogP contribution is -2.28. The summed E-state index contributed by atoms with van der Waals surface area (Å²) >= 11 is 5.70. The number of hydrogen-bond acceptors (Lipinski definition) is 2. The maximum atomic E-state index is 13.0.